The number of piperidine rings is 1. The minimum absolute atomic E-state index is 0. The molecule has 1 aromatic carbocycles. The van der Waals surface area contributed by atoms with E-state index >= 15 is 0 Å². The van der Waals surface area contributed by atoms with Crippen LogP contribution in [0, 0.1) is 0 Å². The summed E-state index contributed by atoms with van der Waals surface area (Å²) < 4.78 is 3.16. The van der Waals surface area contributed by atoms with Crippen LogP contribution in [0.4, 0.5) is 0 Å². The zero-order chi connectivity index (χ0) is 15.8. The van der Waals surface area contributed by atoms with Gasteiger partial charge in [0.25, 0.3) is 0 Å². The van der Waals surface area contributed by atoms with Crippen molar-refractivity contribution in [2.24, 2.45) is 0 Å². The Kier molecular flexibility index (Phi) is 5.68. The minimum atomic E-state index is 0. The van der Waals surface area contributed by atoms with Crippen molar-refractivity contribution in [3.8, 4) is 0 Å². The quantitative estimate of drug-likeness (QED) is 0.780. The average molecular weight is 367 g/mol. The van der Waals surface area contributed by atoms with Crippen molar-refractivity contribution in [3.63, 3.8) is 0 Å². The summed E-state index contributed by atoms with van der Waals surface area (Å²) in [7, 11) is 0. The van der Waals surface area contributed by atoms with Crippen LogP contribution in [0.15, 0.2) is 23.0 Å². The second kappa shape index (κ2) is 7.59. The number of thiazole rings is 1. The fraction of sp³-hybridized carbons (Fsp3) is 0.632. The van der Waals surface area contributed by atoms with Gasteiger partial charge in [0.2, 0.25) is 0 Å². The number of rotatable bonds is 5. The first-order valence-corrected chi connectivity index (χ1v) is 9.96. The Morgan fingerprint density at radius 1 is 1.12 bits per heavy atom. The van der Waals surface area contributed by atoms with Crippen molar-refractivity contribution in [1.82, 2.24) is 9.47 Å². The van der Waals surface area contributed by atoms with Gasteiger partial charge in [0.05, 0.1) is 10.2 Å². The van der Waals surface area contributed by atoms with Crippen LogP contribution in [-0.4, -0.2) is 28.1 Å². The predicted molar refractivity (Wildman–Crippen MR) is 105 cm³/mol. The highest BCUT2D eigenvalue weighted by Gasteiger charge is 2.35. The molecule has 2 saturated heterocycles. The topological polar surface area (TPSA) is 25.2 Å². The molecule has 2 fully saturated rings. The Hall–Kier alpha value is -0.840. The maximum absolute atomic E-state index is 12.4. The molecule has 2 unspecified atom stereocenters. The number of hydrogen-bond acceptors (Lipinski definition) is 3. The third kappa shape index (κ3) is 3.29. The van der Waals surface area contributed by atoms with E-state index in [9.17, 15) is 4.79 Å². The molecule has 0 saturated carbocycles. The predicted octanol–water partition coefficient (Wildman–Crippen LogP) is 4.45. The molecule has 3 nitrogen and oxygen atoms in total. The van der Waals surface area contributed by atoms with Gasteiger partial charge < -0.3 is 0 Å². The van der Waals surface area contributed by atoms with E-state index in [0.29, 0.717) is 0 Å². The normalized spacial score (nSPS) is 23.5. The van der Waals surface area contributed by atoms with Gasteiger partial charge in [0.1, 0.15) is 0 Å². The lowest BCUT2D eigenvalue weighted by Gasteiger charge is -2.34. The molecule has 132 valence electrons. The first-order chi connectivity index (χ1) is 11.3. The van der Waals surface area contributed by atoms with Crippen LogP contribution in [0.1, 0.15) is 51.0 Å². The zero-order valence-corrected chi connectivity index (χ0v) is 16.0. The molecule has 4 rings (SSSR count). The summed E-state index contributed by atoms with van der Waals surface area (Å²) >= 11 is 1.41. The van der Waals surface area contributed by atoms with E-state index in [2.05, 4.69) is 30.0 Å². The molecule has 0 N–H and O–H groups in total. The third-order valence-electron chi connectivity index (χ3n) is 5.70. The largest absolute Gasteiger partial charge is 0.308 e. The summed E-state index contributed by atoms with van der Waals surface area (Å²) in [6.07, 6.45) is 9.09. The smallest absolute Gasteiger partial charge is 0.297 e. The number of aromatic nitrogens is 1. The van der Waals surface area contributed by atoms with Crippen LogP contribution in [0.5, 0.6) is 0 Å². The summed E-state index contributed by atoms with van der Waals surface area (Å²) in [5.41, 5.74) is 2.48. The van der Waals surface area contributed by atoms with E-state index in [1.165, 1.54) is 49.0 Å². The molecule has 0 radical (unpaired) electrons. The fourth-order valence-electron chi connectivity index (χ4n) is 4.57. The summed E-state index contributed by atoms with van der Waals surface area (Å²) in [5.74, 6) is 0. The molecule has 24 heavy (non-hydrogen) atoms. The van der Waals surface area contributed by atoms with Gasteiger partial charge in [-0.1, -0.05) is 37.2 Å². The van der Waals surface area contributed by atoms with Crippen LogP contribution >= 0.6 is 23.7 Å². The first kappa shape index (κ1) is 18.0. The van der Waals surface area contributed by atoms with Crippen molar-refractivity contribution in [2.75, 3.05) is 6.54 Å². The van der Waals surface area contributed by atoms with E-state index in [-0.39, 0.29) is 17.3 Å². The van der Waals surface area contributed by atoms with Gasteiger partial charge in [-0.2, -0.15) is 0 Å². The summed E-state index contributed by atoms with van der Waals surface area (Å²) in [6.45, 7) is 4.08. The fourth-order valence-corrected chi connectivity index (χ4v) is 5.55. The maximum atomic E-state index is 12.4. The lowest BCUT2D eigenvalue weighted by atomic mass is 10.0. The van der Waals surface area contributed by atoms with Gasteiger partial charge in [-0.15, -0.1) is 12.4 Å². The minimum Gasteiger partial charge on any atom is -0.297 e. The van der Waals surface area contributed by atoms with Crippen molar-refractivity contribution in [3.05, 3.63) is 33.4 Å². The van der Waals surface area contributed by atoms with Gasteiger partial charge in [0, 0.05) is 25.2 Å². The number of benzene rings is 1. The maximum Gasteiger partial charge on any atom is 0.308 e. The Labute approximate surface area is 154 Å². The molecule has 1 aromatic heterocycles. The first-order valence-electron chi connectivity index (χ1n) is 9.14. The number of hydrogen-bond donors (Lipinski definition) is 0. The Balaban J connectivity index is 0.00000169. The Morgan fingerprint density at radius 3 is 2.58 bits per heavy atom. The zero-order valence-electron chi connectivity index (χ0n) is 14.4. The average Bonchev–Trinajstić information content (AvgIpc) is 2.96. The molecule has 2 bridgehead atoms. The highest BCUT2D eigenvalue weighted by atomic mass is 35.5. The molecule has 0 spiro atoms. The molecule has 0 aliphatic carbocycles. The highest BCUT2D eigenvalue weighted by molar-refractivity contribution is 7.16. The third-order valence-corrected chi connectivity index (χ3v) is 6.64. The Bertz CT molecular complexity index is 737. The van der Waals surface area contributed by atoms with Gasteiger partial charge in [-0.3, -0.25) is 14.3 Å². The second-order valence-corrected chi connectivity index (χ2v) is 8.12. The second-order valence-electron chi connectivity index (χ2n) is 7.13. The van der Waals surface area contributed by atoms with Crippen molar-refractivity contribution in [1.29, 1.82) is 0 Å². The summed E-state index contributed by atoms with van der Waals surface area (Å²) in [4.78, 5) is 15.3. The summed E-state index contributed by atoms with van der Waals surface area (Å²) in [6, 6.07) is 8.13. The van der Waals surface area contributed by atoms with Gasteiger partial charge in [0.15, 0.2) is 0 Å². The molecule has 2 aromatic rings. The molecular weight excluding hydrogens is 340 g/mol. The number of halogens is 1. The number of aryl methyl sites for hydroxylation is 1. The van der Waals surface area contributed by atoms with Crippen LogP contribution in [0.25, 0.3) is 10.2 Å². The monoisotopic (exact) mass is 366 g/mol. The van der Waals surface area contributed by atoms with Gasteiger partial charge in [-0.25, -0.2) is 0 Å². The van der Waals surface area contributed by atoms with Crippen molar-refractivity contribution < 1.29 is 0 Å². The number of nitrogens with zero attached hydrogens (tertiary/aromatic N) is 2. The molecule has 2 atom stereocenters. The van der Waals surface area contributed by atoms with Gasteiger partial charge in [-0.05, 0) is 49.8 Å². The van der Waals surface area contributed by atoms with Crippen LogP contribution in [0.3, 0.4) is 0 Å². The van der Waals surface area contributed by atoms with E-state index in [1.807, 2.05) is 4.57 Å². The number of fused-ring (bicyclic) bond motifs is 3. The Morgan fingerprint density at radius 2 is 1.88 bits per heavy atom. The van der Waals surface area contributed by atoms with E-state index in [4.69, 9.17) is 0 Å². The molecule has 5 heteroatoms. The van der Waals surface area contributed by atoms with Crippen LogP contribution in [0.2, 0.25) is 0 Å². The van der Waals surface area contributed by atoms with Crippen LogP contribution in [-0.2, 0) is 13.0 Å². The lowest BCUT2D eigenvalue weighted by molar-refractivity contribution is 0.135. The van der Waals surface area contributed by atoms with Crippen LogP contribution < -0.4 is 4.87 Å². The van der Waals surface area contributed by atoms with E-state index in [0.717, 1.165) is 48.2 Å². The van der Waals surface area contributed by atoms with E-state index < -0.39 is 0 Å². The lowest BCUT2D eigenvalue weighted by Crippen LogP contribution is -2.42. The molecule has 0 amide bonds. The van der Waals surface area contributed by atoms with Crippen molar-refractivity contribution >= 4 is 34.0 Å². The van der Waals surface area contributed by atoms with Crippen molar-refractivity contribution in [2.45, 2.75) is 70.5 Å². The summed E-state index contributed by atoms with van der Waals surface area (Å²) in [5, 5.41) is 0. The highest BCUT2D eigenvalue weighted by Crippen LogP contribution is 2.35. The standard InChI is InChI=1S/C19H26N2OS.ClH/c1-2-4-14-7-10-17-18(13-14)23-19(22)21(17)12-11-20-15-5-3-6-16(20)9-8-15;/h7,10,13,15-16H,2-6,8-9,11-12H2,1H3;1H. The molecule has 2 aliphatic heterocycles. The SMILES string of the molecule is CCCc1ccc2c(c1)sc(=O)n2CCN1C2CCCC1CC2.Cl. The van der Waals surface area contributed by atoms with Gasteiger partial charge >= 0.3 is 4.87 Å². The molecule has 2 aliphatic rings. The van der Waals surface area contributed by atoms with E-state index in [1.54, 1.807) is 0 Å². The molecular formula is C19H27ClN2OS. The molecule has 3 heterocycles.